The topological polar surface area (TPSA) is 41.3 Å². The molecule has 3 nitrogen and oxygen atoms in total. The van der Waals surface area contributed by atoms with Gasteiger partial charge in [-0.25, -0.2) is 0 Å². The van der Waals surface area contributed by atoms with Crippen molar-refractivity contribution in [3.05, 3.63) is 23.8 Å². The molecule has 0 amide bonds. The molecule has 1 saturated heterocycles. The number of benzene rings is 1. The molecule has 1 aliphatic heterocycles. The van der Waals surface area contributed by atoms with E-state index in [1.807, 2.05) is 12.1 Å². The van der Waals surface area contributed by atoms with E-state index < -0.39 is 0 Å². The summed E-state index contributed by atoms with van der Waals surface area (Å²) in [5.41, 5.74) is 9.10. The van der Waals surface area contributed by atoms with E-state index in [1.54, 1.807) is 0 Å². The van der Waals surface area contributed by atoms with E-state index in [1.165, 1.54) is 30.8 Å². The Morgan fingerprint density at radius 2 is 2.22 bits per heavy atom. The second kappa shape index (κ2) is 5.61. The van der Waals surface area contributed by atoms with Crippen molar-refractivity contribution in [2.45, 2.75) is 33.2 Å². The van der Waals surface area contributed by atoms with Gasteiger partial charge >= 0.3 is 0 Å². The standard InChI is InChI=1S/C15H25N3/c1-11(2)18-7-6-13(10-18)9-17-15-8-14(16)5-4-12(15)3/h4-5,8,11,13,17H,6-7,9-10,16H2,1-3H3. The highest BCUT2D eigenvalue weighted by atomic mass is 15.2. The molecule has 3 N–H and O–H groups in total. The Morgan fingerprint density at radius 3 is 2.89 bits per heavy atom. The summed E-state index contributed by atoms with van der Waals surface area (Å²) in [5, 5.41) is 3.55. The molecule has 100 valence electrons. The monoisotopic (exact) mass is 247 g/mol. The number of nitrogen functional groups attached to an aromatic ring is 1. The molecule has 1 aliphatic rings. The van der Waals surface area contributed by atoms with Gasteiger partial charge in [-0.1, -0.05) is 6.07 Å². The van der Waals surface area contributed by atoms with Crippen LogP contribution in [0.25, 0.3) is 0 Å². The number of nitrogens with one attached hydrogen (secondary N) is 1. The fraction of sp³-hybridized carbons (Fsp3) is 0.600. The van der Waals surface area contributed by atoms with Crippen LogP contribution in [0.1, 0.15) is 25.8 Å². The molecule has 18 heavy (non-hydrogen) atoms. The molecule has 3 heteroatoms. The van der Waals surface area contributed by atoms with Crippen LogP contribution in [0, 0.1) is 12.8 Å². The van der Waals surface area contributed by atoms with Crippen LogP contribution >= 0.6 is 0 Å². The van der Waals surface area contributed by atoms with Crippen molar-refractivity contribution in [2.24, 2.45) is 5.92 Å². The van der Waals surface area contributed by atoms with E-state index in [9.17, 15) is 0 Å². The van der Waals surface area contributed by atoms with Gasteiger partial charge in [0.15, 0.2) is 0 Å². The third kappa shape index (κ3) is 3.16. The van der Waals surface area contributed by atoms with Gasteiger partial charge < -0.3 is 16.0 Å². The lowest BCUT2D eigenvalue weighted by Gasteiger charge is -2.20. The van der Waals surface area contributed by atoms with Gasteiger partial charge in [0.05, 0.1) is 0 Å². The van der Waals surface area contributed by atoms with Crippen LogP contribution in [0.3, 0.4) is 0 Å². The zero-order chi connectivity index (χ0) is 13.1. The average molecular weight is 247 g/mol. The molecule has 1 fully saturated rings. The average Bonchev–Trinajstić information content (AvgIpc) is 2.79. The zero-order valence-electron chi connectivity index (χ0n) is 11.7. The third-order valence-electron chi connectivity index (χ3n) is 3.89. The second-order valence-corrected chi connectivity index (χ2v) is 5.70. The Balaban J connectivity index is 1.87. The van der Waals surface area contributed by atoms with Gasteiger partial charge in [-0.05, 0) is 57.4 Å². The first-order chi connectivity index (χ1) is 8.56. The molecule has 0 aliphatic carbocycles. The van der Waals surface area contributed by atoms with E-state index in [0.717, 1.165) is 18.2 Å². The summed E-state index contributed by atoms with van der Waals surface area (Å²) < 4.78 is 0. The molecule has 0 saturated carbocycles. The van der Waals surface area contributed by atoms with Crippen molar-refractivity contribution < 1.29 is 0 Å². The van der Waals surface area contributed by atoms with Crippen molar-refractivity contribution in [2.75, 3.05) is 30.7 Å². The van der Waals surface area contributed by atoms with Gasteiger partial charge in [0.2, 0.25) is 0 Å². The van der Waals surface area contributed by atoms with E-state index in [-0.39, 0.29) is 0 Å². The number of anilines is 2. The maximum absolute atomic E-state index is 5.82. The summed E-state index contributed by atoms with van der Waals surface area (Å²) in [6, 6.07) is 6.73. The number of likely N-dealkylation sites (tertiary alicyclic amines) is 1. The minimum Gasteiger partial charge on any atom is -0.399 e. The van der Waals surface area contributed by atoms with Crippen LogP contribution in [0.2, 0.25) is 0 Å². The highest BCUT2D eigenvalue weighted by molar-refractivity contribution is 5.59. The number of hydrogen-bond acceptors (Lipinski definition) is 3. The smallest absolute Gasteiger partial charge is 0.0390 e. The fourth-order valence-corrected chi connectivity index (χ4v) is 2.58. The van der Waals surface area contributed by atoms with Gasteiger partial charge in [0.25, 0.3) is 0 Å². The summed E-state index contributed by atoms with van der Waals surface area (Å²) in [5.74, 6) is 0.758. The summed E-state index contributed by atoms with van der Waals surface area (Å²) in [6.45, 7) is 10.2. The number of aryl methyl sites for hydroxylation is 1. The fourth-order valence-electron chi connectivity index (χ4n) is 2.58. The molecule has 1 aromatic rings. The van der Waals surface area contributed by atoms with Gasteiger partial charge in [-0.15, -0.1) is 0 Å². The Hall–Kier alpha value is -1.22. The lowest BCUT2D eigenvalue weighted by molar-refractivity contribution is 0.266. The molecular formula is C15H25N3. The van der Waals surface area contributed by atoms with Gasteiger partial charge in [-0.2, -0.15) is 0 Å². The van der Waals surface area contributed by atoms with Crippen LogP contribution in [0.4, 0.5) is 11.4 Å². The van der Waals surface area contributed by atoms with Crippen molar-refractivity contribution in [3.63, 3.8) is 0 Å². The van der Waals surface area contributed by atoms with E-state index in [0.29, 0.717) is 6.04 Å². The Bertz CT molecular complexity index is 401. The first-order valence-electron chi connectivity index (χ1n) is 6.90. The van der Waals surface area contributed by atoms with Gasteiger partial charge in [0, 0.05) is 30.5 Å². The van der Waals surface area contributed by atoms with Crippen molar-refractivity contribution in [1.29, 1.82) is 0 Å². The summed E-state index contributed by atoms with van der Waals surface area (Å²) in [7, 11) is 0. The Kier molecular flexibility index (Phi) is 4.12. The van der Waals surface area contributed by atoms with Gasteiger partial charge in [0.1, 0.15) is 0 Å². The summed E-state index contributed by atoms with van der Waals surface area (Å²) in [6.07, 6.45) is 1.30. The number of rotatable bonds is 4. The summed E-state index contributed by atoms with van der Waals surface area (Å²) >= 11 is 0. The van der Waals surface area contributed by atoms with E-state index >= 15 is 0 Å². The normalized spacial score (nSPS) is 20.6. The molecule has 2 rings (SSSR count). The lowest BCUT2D eigenvalue weighted by Crippen LogP contribution is -2.29. The maximum atomic E-state index is 5.82. The minimum absolute atomic E-state index is 0.670. The molecule has 0 aromatic heterocycles. The van der Waals surface area contributed by atoms with Crippen LogP contribution in [0.15, 0.2) is 18.2 Å². The largest absolute Gasteiger partial charge is 0.399 e. The second-order valence-electron chi connectivity index (χ2n) is 5.70. The van der Waals surface area contributed by atoms with Crippen molar-refractivity contribution in [3.8, 4) is 0 Å². The maximum Gasteiger partial charge on any atom is 0.0390 e. The molecule has 1 aromatic carbocycles. The molecular weight excluding hydrogens is 222 g/mol. The third-order valence-corrected chi connectivity index (χ3v) is 3.89. The molecule has 1 unspecified atom stereocenters. The van der Waals surface area contributed by atoms with E-state index in [2.05, 4.69) is 37.1 Å². The van der Waals surface area contributed by atoms with E-state index in [4.69, 9.17) is 5.73 Å². The Labute approximate surface area is 110 Å². The highest BCUT2D eigenvalue weighted by Gasteiger charge is 2.23. The molecule has 0 radical (unpaired) electrons. The van der Waals surface area contributed by atoms with Crippen LogP contribution in [-0.4, -0.2) is 30.6 Å². The first-order valence-corrected chi connectivity index (χ1v) is 6.90. The van der Waals surface area contributed by atoms with Crippen LogP contribution < -0.4 is 11.1 Å². The summed E-state index contributed by atoms with van der Waals surface area (Å²) in [4.78, 5) is 2.55. The minimum atomic E-state index is 0.670. The van der Waals surface area contributed by atoms with Crippen molar-refractivity contribution >= 4 is 11.4 Å². The molecule has 0 bridgehead atoms. The lowest BCUT2D eigenvalue weighted by atomic mass is 10.1. The predicted molar refractivity (Wildman–Crippen MR) is 78.9 cm³/mol. The number of hydrogen-bond donors (Lipinski definition) is 2. The predicted octanol–water partition coefficient (Wildman–Crippen LogP) is 2.72. The Morgan fingerprint density at radius 1 is 1.44 bits per heavy atom. The molecule has 0 spiro atoms. The molecule has 1 atom stereocenters. The highest BCUT2D eigenvalue weighted by Crippen LogP contribution is 2.22. The van der Waals surface area contributed by atoms with Gasteiger partial charge in [-0.3, -0.25) is 0 Å². The first kappa shape index (κ1) is 13.2. The zero-order valence-corrected chi connectivity index (χ0v) is 11.7. The number of nitrogens with zero attached hydrogens (tertiary/aromatic N) is 1. The quantitative estimate of drug-likeness (QED) is 0.804. The van der Waals surface area contributed by atoms with Crippen LogP contribution in [0.5, 0.6) is 0 Å². The van der Waals surface area contributed by atoms with Crippen molar-refractivity contribution in [1.82, 2.24) is 4.90 Å². The van der Waals surface area contributed by atoms with Crippen LogP contribution in [-0.2, 0) is 0 Å². The molecule has 1 heterocycles. The SMILES string of the molecule is Cc1ccc(N)cc1NCC1CCN(C(C)C)C1. The number of nitrogens with two attached hydrogens (primary N) is 1.